The van der Waals surface area contributed by atoms with Crippen molar-refractivity contribution in [1.82, 2.24) is 20.2 Å². The molecule has 2 aromatic heterocycles. The predicted octanol–water partition coefficient (Wildman–Crippen LogP) is 3.24. The lowest BCUT2D eigenvalue weighted by Crippen LogP contribution is -2.34. The van der Waals surface area contributed by atoms with Gasteiger partial charge in [0.25, 0.3) is 5.91 Å². The van der Waals surface area contributed by atoms with E-state index in [0.717, 1.165) is 43.7 Å². The van der Waals surface area contributed by atoms with Gasteiger partial charge in [-0.15, -0.1) is 0 Å². The van der Waals surface area contributed by atoms with E-state index in [0.29, 0.717) is 5.92 Å². The number of carbonyl (C=O) groups is 1. The van der Waals surface area contributed by atoms with Crippen LogP contribution in [0.3, 0.4) is 0 Å². The number of likely N-dealkylation sites (tertiary alicyclic amines) is 1. The number of aromatic amines is 2. The third kappa shape index (κ3) is 3.20. The number of aromatic nitrogens is 2. The number of rotatable bonds is 4. The van der Waals surface area contributed by atoms with Gasteiger partial charge in [0.2, 0.25) is 0 Å². The summed E-state index contributed by atoms with van der Waals surface area (Å²) in [7, 11) is 1.68. The van der Waals surface area contributed by atoms with Crippen LogP contribution in [0.5, 0.6) is 0 Å². The Kier molecular flexibility index (Phi) is 4.32. The molecule has 1 fully saturated rings. The predicted molar refractivity (Wildman–Crippen MR) is 99.7 cm³/mol. The Balaban J connectivity index is 1.49. The normalized spacial score (nSPS) is 18.5. The van der Waals surface area contributed by atoms with E-state index < -0.39 is 0 Å². The van der Waals surface area contributed by atoms with Crippen molar-refractivity contribution in [2.24, 2.45) is 0 Å². The summed E-state index contributed by atoms with van der Waals surface area (Å²) in [6.07, 6.45) is 6.14. The van der Waals surface area contributed by atoms with Crippen LogP contribution >= 0.6 is 0 Å². The largest absolute Gasteiger partial charge is 0.364 e. The number of hydrogen-bond donors (Lipinski definition) is 3. The Morgan fingerprint density at radius 1 is 1.24 bits per heavy atom. The first kappa shape index (κ1) is 16.0. The molecule has 25 heavy (non-hydrogen) atoms. The van der Waals surface area contributed by atoms with Gasteiger partial charge in [0, 0.05) is 49.7 Å². The Hall–Kier alpha value is -2.53. The molecule has 5 heteroatoms. The lowest BCUT2D eigenvalue weighted by atomic mass is 9.92. The Morgan fingerprint density at radius 3 is 3.00 bits per heavy atom. The van der Waals surface area contributed by atoms with Crippen LogP contribution in [-0.2, 0) is 6.54 Å². The molecule has 0 spiro atoms. The zero-order valence-corrected chi connectivity index (χ0v) is 14.5. The molecule has 1 aliphatic rings. The van der Waals surface area contributed by atoms with E-state index in [9.17, 15) is 4.79 Å². The van der Waals surface area contributed by atoms with Gasteiger partial charge < -0.3 is 15.3 Å². The van der Waals surface area contributed by atoms with Gasteiger partial charge in [-0.05, 0) is 54.6 Å². The number of carbonyl (C=O) groups excluding carboxylic acids is 1. The fraction of sp³-hybridized carbons (Fsp3) is 0.350. The maximum Gasteiger partial charge on any atom is 0.252 e. The molecule has 1 aromatic carbocycles. The van der Waals surface area contributed by atoms with Crippen molar-refractivity contribution in [1.29, 1.82) is 0 Å². The summed E-state index contributed by atoms with van der Waals surface area (Å²) in [5.41, 5.74) is 4.38. The number of piperidine rings is 1. The fourth-order valence-corrected chi connectivity index (χ4v) is 3.95. The molecule has 1 unspecified atom stereocenters. The Bertz CT molecular complexity index is 879. The molecule has 4 rings (SSSR count). The maximum atomic E-state index is 12.1. The van der Waals surface area contributed by atoms with Gasteiger partial charge in [0.15, 0.2) is 0 Å². The van der Waals surface area contributed by atoms with Gasteiger partial charge >= 0.3 is 0 Å². The van der Waals surface area contributed by atoms with Crippen molar-refractivity contribution in [2.45, 2.75) is 25.3 Å². The quantitative estimate of drug-likeness (QED) is 0.685. The van der Waals surface area contributed by atoms with Crippen LogP contribution in [0.25, 0.3) is 10.9 Å². The minimum atomic E-state index is -0.00807. The number of nitrogens with zero attached hydrogens (tertiary/aromatic N) is 1. The molecule has 0 aliphatic carbocycles. The van der Waals surface area contributed by atoms with Gasteiger partial charge in [0.05, 0.1) is 5.56 Å². The second-order valence-corrected chi connectivity index (χ2v) is 6.86. The second kappa shape index (κ2) is 6.76. The highest BCUT2D eigenvalue weighted by Crippen LogP contribution is 2.29. The van der Waals surface area contributed by atoms with Crippen molar-refractivity contribution < 1.29 is 4.79 Å². The van der Waals surface area contributed by atoms with Crippen LogP contribution < -0.4 is 5.32 Å². The van der Waals surface area contributed by atoms with Crippen molar-refractivity contribution in [3.8, 4) is 0 Å². The molecule has 3 heterocycles. The van der Waals surface area contributed by atoms with Crippen molar-refractivity contribution in [3.05, 3.63) is 59.5 Å². The lowest BCUT2D eigenvalue weighted by molar-refractivity contribution is 0.0960. The molecule has 1 amide bonds. The lowest BCUT2D eigenvalue weighted by Gasteiger charge is -2.32. The minimum absolute atomic E-state index is 0.00807. The second-order valence-electron chi connectivity index (χ2n) is 6.86. The van der Waals surface area contributed by atoms with Crippen molar-refractivity contribution >= 4 is 16.8 Å². The average molecular weight is 336 g/mol. The number of H-pyrrole nitrogens is 2. The Morgan fingerprint density at radius 2 is 2.12 bits per heavy atom. The van der Waals surface area contributed by atoms with Crippen LogP contribution in [0.15, 0.2) is 42.7 Å². The fourth-order valence-electron chi connectivity index (χ4n) is 3.95. The van der Waals surface area contributed by atoms with E-state index in [4.69, 9.17) is 0 Å². The molecule has 0 radical (unpaired) electrons. The Labute approximate surface area is 147 Å². The van der Waals surface area contributed by atoms with E-state index in [1.54, 1.807) is 7.05 Å². The van der Waals surface area contributed by atoms with E-state index >= 15 is 0 Å². The smallest absolute Gasteiger partial charge is 0.252 e. The zero-order valence-electron chi connectivity index (χ0n) is 14.5. The summed E-state index contributed by atoms with van der Waals surface area (Å²) in [6.45, 7) is 3.04. The van der Waals surface area contributed by atoms with Crippen molar-refractivity contribution in [3.63, 3.8) is 0 Å². The van der Waals surface area contributed by atoms with Gasteiger partial charge in [-0.3, -0.25) is 9.69 Å². The number of nitrogens with one attached hydrogen (secondary N) is 3. The summed E-state index contributed by atoms with van der Waals surface area (Å²) in [6, 6.07) is 10.6. The van der Waals surface area contributed by atoms with Crippen LogP contribution in [0, 0.1) is 0 Å². The highest BCUT2D eigenvalue weighted by atomic mass is 16.1. The molecule has 1 atom stereocenters. The third-order valence-corrected chi connectivity index (χ3v) is 5.19. The summed E-state index contributed by atoms with van der Waals surface area (Å²) in [5, 5.41) is 4.00. The standard InChI is InChI=1S/C20H24N4O/c1-21-20(25)17-7-9-23-19(17)16-3-2-10-24(13-16)12-14-4-5-18-15(11-14)6-8-22-18/h4-9,11,16,22-23H,2-3,10,12-13H2,1H3,(H,21,25). The molecule has 130 valence electrons. The number of amides is 1. The topological polar surface area (TPSA) is 63.9 Å². The number of fused-ring (bicyclic) bond motifs is 1. The molecule has 0 bridgehead atoms. The summed E-state index contributed by atoms with van der Waals surface area (Å²) >= 11 is 0. The van der Waals surface area contributed by atoms with Gasteiger partial charge in [-0.25, -0.2) is 0 Å². The molecule has 3 N–H and O–H groups in total. The zero-order chi connectivity index (χ0) is 17.2. The molecular weight excluding hydrogens is 312 g/mol. The SMILES string of the molecule is CNC(=O)c1cc[nH]c1C1CCCN(Cc2ccc3[nH]ccc3c2)C1. The molecule has 1 saturated heterocycles. The molecule has 1 aliphatic heterocycles. The molecule has 3 aromatic rings. The maximum absolute atomic E-state index is 12.1. The summed E-state index contributed by atoms with van der Waals surface area (Å²) < 4.78 is 0. The van der Waals surface area contributed by atoms with E-state index in [1.807, 2.05) is 18.5 Å². The van der Waals surface area contributed by atoms with Crippen LogP contribution in [0.4, 0.5) is 0 Å². The third-order valence-electron chi connectivity index (χ3n) is 5.19. The van der Waals surface area contributed by atoms with E-state index in [-0.39, 0.29) is 5.91 Å². The first-order chi connectivity index (χ1) is 12.2. The van der Waals surface area contributed by atoms with Gasteiger partial charge in [0.1, 0.15) is 0 Å². The number of hydrogen-bond acceptors (Lipinski definition) is 2. The molecule has 0 saturated carbocycles. The summed E-state index contributed by atoms with van der Waals surface area (Å²) in [5.74, 6) is 0.373. The van der Waals surface area contributed by atoms with E-state index in [1.165, 1.54) is 16.5 Å². The van der Waals surface area contributed by atoms with Gasteiger partial charge in [-0.2, -0.15) is 0 Å². The summed E-state index contributed by atoms with van der Waals surface area (Å²) in [4.78, 5) is 21.1. The monoisotopic (exact) mass is 336 g/mol. The van der Waals surface area contributed by atoms with Crippen LogP contribution in [0.2, 0.25) is 0 Å². The molecule has 5 nitrogen and oxygen atoms in total. The first-order valence-electron chi connectivity index (χ1n) is 8.92. The van der Waals surface area contributed by atoms with Crippen LogP contribution in [0.1, 0.15) is 40.4 Å². The average Bonchev–Trinajstić information content (AvgIpc) is 3.30. The van der Waals surface area contributed by atoms with Crippen LogP contribution in [-0.4, -0.2) is 40.9 Å². The minimum Gasteiger partial charge on any atom is -0.364 e. The highest BCUT2D eigenvalue weighted by molar-refractivity contribution is 5.95. The number of benzene rings is 1. The van der Waals surface area contributed by atoms with Gasteiger partial charge in [-0.1, -0.05) is 6.07 Å². The highest BCUT2D eigenvalue weighted by Gasteiger charge is 2.25. The van der Waals surface area contributed by atoms with Crippen molar-refractivity contribution in [2.75, 3.05) is 20.1 Å². The van der Waals surface area contributed by atoms with E-state index in [2.05, 4.69) is 44.5 Å². The first-order valence-corrected chi connectivity index (χ1v) is 8.92. The molecular formula is C20H24N4O.